The van der Waals surface area contributed by atoms with E-state index in [1.807, 2.05) is 36.4 Å². The Hall–Kier alpha value is -1.53. The van der Waals surface area contributed by atoms with Gasteiger partial charge in [0.25, 0.3) is 0 Å². The SMILES string of the molecule is O=Nc1ccc(-c2ccccc2P)cc1. The first-order valence-electron chi connectivity index (χ1n) is 4.59. The molecular formula is C12H10NOP. The Morgan fingerprint density at radius 3 is 2.20 bits per heavy atom. The number of nitrogens with zero attached hydrogens (tertiary/aromatic N) is 1. The van der Waals surface area contributed by atoms with E-state index in [4.69, 9.17) is 0 Å². The van der Waals surface area contributed by atoms with Crippen molar-refractivity contribution in [3.05, 3.63) is 53.4 Å². The Balaban J connectivity index is 2.46. The minimum atomic E-state index is 0.458. The third-order valence-electron chi connectivity index (χ3n) is 2.24. The van der Waals surface area contributed by atoms with Crippen molar-refractivity contribution in [3.8, 4) is 11.1 Å². The second-order valence-electron chi connectivity index (χ2n) is 3.23. The van der Waals surface area contributed by atoms with Gasteiger partial charge in [-0.3, -0.25) is 0 Å². The maximum atomic E-state index is 10.3. The predicted molar refractivity (Wildman–Crippen MR) is 66.7 cm³/mol. The van der Waals surface area contributed by atoms with Gasteiger partial charge in [0.1, 0.15) is 5.69 Å². The summed E-state index contributed by atoms with van der Waals surface area (Å²) in [5.74, 6) is 0. The quantitative estimate of drug-likeness (QED) is 0.558. The molecule has 0 aliphatic carbocycles. The van der Waals surface area contributed by atoms with E-state index in [-0.39, 0.29) is 0 Å². The van der Waals surface area contributed by atoms with Crippen LogP contribution >= 0.6 is 9.24 Å². The highest BCUT2D eigenvalue weighted by Crippen LogP contribution is 2.22. The van der Waals surface area contributed by atoms with Gasteiger partial charge in [-0.05, 0) is 33.7 Å². The molecule has 2 aromatic carbocycles. The van der Waals surface area contributed by atoms with E-state index in [1.165, 1.54) is 0 Å². The standard InChI is InChI=1S/C12H10NOP/c14-13-10-7-5-9(6-8-10)11-3-1-2-4-12(11)15/h1-8H,15H2. The first kappa shape index (κ1) is 10.0. The molecule has 2 rings (SSSR count). The molecule has 15 heavy (non-hydrogen) atoms. The fourth-order valence-corrected chi connectivity index (χ4v) is 1.84. The number of hydrogen-bond donors (Lipinski definition) is 0. The van der Waals surface area contributed by atoms with E-state index in [1.54, 1.807) is 12.1 Å². The van der Waals surface area contributed by atoms with Crippen LogP contribution < -0.4 is 5.30 Å². The molecule has 0 N–H and O–H groups in total. The van der Waals surface area contributed by atoms with Gasteiger partial charge in [-0.1, -0.05) is 36.4 Å². The van der Waals surface area contributed by atoms with Crippen LogP contribution in [0.2, 0.25) is 0 Å². The average Bonchev–Trinajstić information content (AvgIpc) is 2.30. The first-order chi connectivity index (χ1) is 7.31. The summed E-state index contributed by atoms with van der Waals surface area (Å²) in [7, 11) is 2.70. The molecule has 74 valence electrons. The lowest BCUT2D eigenvalue weighted by atomic mass is 10.1. The van der Waals surface area contributed by atoms with Gasteiger partial charge in [0.15, 0.2) is 0 Å². The van der Waals surface area contributed by atoms with Crippen molar-refractivity contribution in [2.45, 2.75) is 0 Å². The van der Waals surface area contributed by atoms with Crippen molar-refractivity contribution < 1.29 is 0 Å². The van der Waals surface area contributed by atoms with Gasteiger partial charge >= 0.3 is 0 Å². The molecule has 0 heterocycles. The van der Waals surface area contributed by atoms with Crippen LogP contribution in [0.15, 0.2) is 53.7 Å². The van der Waals surface area contributed by atoms with Crippen LogP contribution in [0.25, 0.3) is 11.1 Å². The van der Waals surface area contributed by atoms with Gasteiger partial charge in [-0.15, -0.1) is 14.1 Å². The Labute approximate surface area is 90.5 Å². The van der Waals surface area contributed by atoms with Gasteiger partial charge in [0.05, 0.1) is 0 Å². The zero-order valence-corrected chi connectivity index (χ0v) is 9.21. The van der Waals surface area contributed by atoms with E-state index in [0.717, 1.165) is 16.4 Å². The average molecular weight is 215 g/mol. The number of rotatable bonds is 2. The van der Waals surface area contributed by atoms with Gasteiger partial charge in [-0.25, -0.2) is 0 Å². The lowest BCUT2D eigenvalue weighted by Gasteiger charge is -2.04. The molecule has 0 amide bonds. The second kappa shape index (κ2) is 4.33. The highest BCUT2D eigenvalue weighted by molar-refractivity contribution is 7.28. The van der Waals surface area contributed by atoms with Crippen molar-refractivity contribution in [1.82, 2.24) is 0 Å². The van der Waals surface area contributed by atoms with Crippen LogP contribution in [0, 0.1) is 4.91 Å². The normalized spacial score (nSPS) is 9.93. The molecule has 0 aliphatic heterocycles. The van der Waals surface area contributed by atoms with Crippen molar-refractivity contribution in [2.24, 2.45) is 5.18 Å². The van der Waals surface area contributed by atoms with Crippen LogP contribution in [-0.4, -0.2) is 0 Å². The summed E-state index contributed by atoms with van der Waals surface area (Å²) in [6.45, 7) is 0. The molecule has 0 aliphatic rings. The molecule has 0 radical (unpaired) electrons. The van der Waals surface area contributed by atoms with E-state index in [2.05, 4.69) is 14.4 Å². The molecule has 2 nitrogen and oxygen atoms in total. The second-order valence-corrected chi connectivity index (χ2v) is 3.85. The summed E-state index contributed by atoms with van der Waals surface area (Å²) in [5.41, 5.74) is 2.70. The highest BCUT2D eigenvalue weighted by Gasteiger charge is 2.00. The van der Waals surface area contributed by atoms with Crippen molar-refractivity contribution in [1.29, 1.82) is 0 Å². The third kappa shape index (κ3) is 2.11. The first-order valence-corrected chi connectivity index (χ1v) is 5.17. The van der Waals surface area contributed by atoms with Gasteiger partial charge < -0.3 is 0 Å². The molecule has 0 aromatic heterocycles. The molecule has 1 unspecified atom stereocenters. The molecular weight excluding hydrogens is 205 g/mol. The summed E-state index contributed by atoms with van der Waals surface area (Å²) in [4.78, 5) is 10.3. The van der Waals surface area contributed by atoms with Crippen molar-refractivity contribution in [2.75, 3.05) is 0 Å². The highest BCUT2D eigenvalue weighted by atomic mass is 31.0. The minimum absolute atomic E-state index is 0.458. The predicted octanol–water partition coefficient (Wildman–Crippen LogP) is 3.25. The van der Waals surface area contributed by atoms with E-state index in [9.17, 15) is 4.91 Å². The van der Waals surface area contributed by atoms with Crippen LogP contribution in [0.5, 0.6) is 0 Å². The number of nitroso groups, excluding NO2 is 1. The zero-order valence-electron chi connectivity index (χ0n) is 8.05. The Bertz CT molecular complexity index is 479. The van der Waals surface area contributed by atoms with Gasteiger partial charge in [-0.2, -0.15) is 0 Å². The van der Waals surface area contributed by atoms with Crippen molar-refractivity contribution >= 4 is 20.2 Å². The summed E-state index contributed by atoms with van der Waals surface area (Å²) >= 11 is 0. The topological polar surface area (TPSA) is 29.4 Å². The van der Waals surface area contributed by atoms with E-state index in [0.29, 0.717) is 5.69 Å². The summed E-state index contributed by atoms with van der Waals surface area (Å²) in [5, 5.41) is 4.02. The molecule has 3 heteroatoms. The molecule has 2 aromatic rings. The Morgan fingerprint density at radius 2 is 1.60 bits per heavy atom. The van der Waals surface area contributed by atoms with Crippen LogP contribution in [0.1, 0.15) is 0 Å². The maximum Gasteiger partial charge on any atom is 0.108 e. The molecule has 0 bridgehead atoms. The van der Waals surface area contributed by atoms with Gasteiger partial charge in [0, 0.05) is 0 Å². The third-order valence-corrected chi connectivity index (χ3v) is 2.75. The number of hydrogen-bond acceptors (Lipinski definition) is 2. The molecule has 0 saturated carbocycles. The van der Waals surface area contributed by atoms with E-state index < -0.39 is 0 Å². The lowest BCUT2D eigenvalue weighted by molar-refractivity contribution is 1.50. The Kier molecular flexibility index (Phi) is 2.89. The molecule has 0 fully saturated rings. The summed E-state index contributed by atoms with van der Waals surface area (Å²) in [6.07, 6.45) is 0. The van der Waals surface area contributed by atoms with Gasteiger partial charge in [0.2, 0.25) is 0 Å². The number of benzene rings is 2. The van der Waals surface area contributed by atoms with Crippen LogP contribution in [0.4, 0.5) is 5.69 Å². The van der Waals surface area contributed by atoms with E-state index >= 15 is 0 Å². The van der Waals surface area contributed by atoms with Crippen LogP contribution in [-0.2, 0) is 0 Å². The smallest absolute Gasteiger partial charge is 0.108 e. The maximum absolute atomic E-state index is 10.3. The fraction of sp³-hybridized carbons (Fsp3) is 0. The molecule has 1 atom stereocenters. The zero-order chi connectivity index (χ0) is 10.7. The lowest BCUT2D eigenvalue weighted by Crippen LogP contribution is -1.94. The molecule has 0 saturated heterocycles. The minimum Gasteiger partial charge on any atom is -0.145 e. The Morgan fingerprint density at radius 1 is 0.933 bits per heavy atom. The van der Waals surface area contributed by atoms with Crippen LogP contribution in [0.3, 0.4) is 0 Å². The summed E-state index contributed by atoms with van der Waals surface area (Å²) in [6, 6.07) is 15.3. The summed E-state index contributed by atoms with van der Waals surface area (Å²) < 4.78 is 0. The monoisotopic (exact) mass is 215 g/mol. The fourth-order valence-electron chi connectivity index (χ4n) is 1.46. The molecule has 0 spiro atoms. The largest absolute Gasteiger partial charge is 0.145 e. The van der Waals surface area contributed by atoms with Crippen molar-refractivity contribution in [3.63, 3.8) is 0 Å².